The third kappa shape index (κ3) is 8.97. The summed E-state index contributed by atoms with van der Waals surface area (Å²) in [5.41, 5.74) is 3.39. The lowest BCUT2D eigenvalue weighted by molar-refractivity contribution is -0.114. The van der Waals surface area contributed by atoms with Crippen molar-refractivity contribution in [2.45, 2.75) is 58.7 Å². The van der Waals surface area contributed by atoms with Crippen LogP contribution in [0.2, 0.25) is 0 Å². The molecule has 0 aliphatic carbocycles. The third-order valence-corrected chi connectivity index (χ3v) is 5.41. The number of ketones is 1. The van der Waals surface area contributed by atoms with Crippen molar-refractivity contribution in [2.75, 3.05) is 0 Å². The van der Waals surface area contributed by atoms with Gasteiger partial charge in [0.2, 0.25) is 0 Å². The van der Waals surface area contributed by atoms with Crippen LogP contribution in [0.5, 0.6) is 11.5 Å². The molecule has 0 aliphatic rings. The zero-order valence-electron chi connectivity index (χ0n) is 19.5. The van der Waals surface area contributed by atoms with Gasteiger partial charge < -0.3 is 9.47 Å². The molecule has 0 saturated carbocycles. The lowest BCUT2D eigenvalue weighted by atomic mass is 10.1. The van der Waals surface area contributed by atoms with E-state index in [1.54, 1.807) is 6.08 Å². The van der Waals surface area contributed by atoms with Gasteiger partial charge in [0.1, 0.15) is 13.2 Å². The van der Waals surface area contributed by atoms with Gasteiger partial charge >= 0.3 is 0 Å². The average Bonchev–Trinajstić information content (AvgIpc) is 2.86. The summed E-state index contributed by atoms with van der Waals surface area (Å²) in [5.74, 6) is 1.70. The van der Waals surface area contributed by atoms with E-state index in [4.69, 9.17) is 9.47 Å². The van der Waals surface area contributed by atoms with Crippen molar-refractivity contribution in [3.8, 4) is 11.5 Å². The van der Waals surface area contributed by atoms with Gasteiger partial charge in [0.05, 0.1) is 0 Å². The van der Waals surface area contributed by atoms with Crippen LogP contribution in [0.3, 0.4) is 0 Å². The van der Waals surface area contributed by atoms with Gasteiger partial charge in [-0.05, 0) is 54.2 Å². The molecule has 172 valence electrons. The first-order valence-electron chi connectivity index (χ1n) is 11.9. The van der Waals surface area contributed by atoms with Gasteiger partial charge in [-0.15, -0.1) is 0 Å². The number of carbonyl (C=O) groups is 1. The molecule has 3 nitrogen and oxygen atoms in total. The topological polar surface area (TPSA) is 35.5 Å². The van der Waals surface area contributed by atoms with E-state index in [1.165, 1.54) is 0 Å². The fourth-order valence-electron chi connectivity index (χ4n) is 3.51. The van der Waals surface area contributed by atoms with Crippen molar-refractivity contribution in [2.24, 2.45) is 0 Å². The van der Waals surface area contributed by atoms with Crippen LogP contribution >= 0.6 is 0 Å². The predicted octanol–water partition coefficient (Wildman–Crippen LogP) is 7.48. The average molecular weight is 443 g/mol. The Hall–Kier alpha value is -3.33. The molecule has 33 heavy (non-hydrogen) atoms. The fourth-order valence-corrected chi connectivity index (χ4v) is 3.51. The number of allylic oxidation sites excluding steroid dienone is 2. The van der Waals surface area contributed by atoms with Crippen LogP contribution in [0.25, 0.3) is 0 Å². The molecular formula is C30H34O3. The lowest BCUT2D eigenvalue weighted by Crippen LogP contribution is -2.01. The number of unbranched alkanes of at least 4 members (excludes halogenated alkanes) is 2. The summed E-state index contributed by atoms with van der Waals surface area (Å²) in [6.45, 7) is 3.12. The van der Waals surface area contributed by atoms with E-state index in [9.17, 15) is 4.79 Å². The van der Waals surface area contributed by atoms with E-state index in [0.29, 0.717) is 19.6 Å². The highest BCUT2D eigenvalue weighted by Crippen LogP contribution is 2.30. The van der Waals surface area contributed by atoms with Crippen LogP contribution in [0.1, 0.15) is 55.7 Å². The smallest absolute Gasteiger partial charge is 0.161 e. The molecule has 0 bridgehead atoms. The van der Waals surface area contributed by atoms with Crippen LogP contribution in [0, 0.1) is 0 Å². The van der Waals surface area contributed by atoms with E-state index < -0.39 is 0 Å². The normalized spacial score (nSPS) is 10.9. The van der Waals surface area contributed by atoms with Crippen LogP contribution in [-0.4, -0.2) is 5.78 Å². The summed E-state index contributed by atoms with van der Waals surface area (Å²) in [6, 6.07) is 26.4. The molecule has 3 aromatic carbocycles. The van der Waals surface area contributed by atoms with Crippen molar-refractivity contribution < 1.29 is 14.3 Å². The van der Waals surface area contributed by atoms with Crippen LogP contribution in [0.4, 0.5) is 0 Å². The van der Waals surface area contributed by atoms with Crippen molar-refractivity contribution >= 4 is 5.78 Å². The van der Waals surface area contributed by atoms with E-state index >= 15 is 0 Å². The number of carbonyl (C=O) groups excluding carboxylic acids is 1. The molecule has 3 heteroatoms. The number of rotatable bonds is 14. The molecule has 3 rings (SSSR count). The highest BCUT2D eigenvalue weighted by molar-refractivity contribution is 5.89. The van der Waals surface area contributed by atoms with E-state index in [-0.39, 0.29) is 5.78 Å². The largest absolute Gasteiger partial charge is 0.485 e. The van der Waals surface area contributed by atoms with Crippen molar-refractivity contribution in [3.05, 3.63) is 108 Å². The molecule has 0 fully saturated rings. The number of aryl methyl sites for hydroxylation is 1. The molecule has 0 radical (unpaired) electrons. The standard InChI is InChI=1S/C30H34O3/c1-2-3-6-18-28(31)19-12-11-13-25-20-21-29(32-23-26-14-7-4-8-15-26)30(22-25)33-24-27-16-9-5-10-17-27/h4-5,7-10,12,14-17,19-22H,2-3,6,11,13,18,23-24H2,1H3. The summed E-state index contributed by atoms with van der Waals surface area (Å²) in [4.78, 5) is 11.9. The minimum absolute atomic E-state index is 0.222. The summed E-state index contributed by atoms with van der Waals surface area (Å²) < 4.78 is 12.2. The second-order valence-electron chi connectivity index (χ2n) is 8.19. The molecule has 0 aliphatic heterocycles. The molecule has 0 heterocycles. The third-order valence-electron chi connectivity index (χ3n) is 5.41. The fraction of sp³-hybridized carbons (Fsp3) is 0.300. The minimum Gasteiger partial charge on any atom is -0.485 e. The number of hydrogen-bond acceptors (Lipinski definition) is 3. The molecule has 3 aromatic rings. The molecule has 0 saturated heterocycles. The highest BCUT2D eigenvalue weighted by atomic mass is 16.5. The first-order chi connectivity index (χ1) is 16.2. The Balaban J connectivity index is 1.61. The minimum atomic E-state index is 0.222. The van der Waals surface area contributed by atoms with Gasteiger partial charge in [-0.25, -0.2) is 0 Å². The number of ether oxygens (including phenoxy) is 2. The second-order valence-corrected chi connectivity index (χ2v) is 8.19. The number of hydrogen-bond donors (Lipinski definition) is 0. The molecule has 0 atom stereocenters. The van der Waals surface area contributed by atoms with Gasteiger partial charge in [0.25, 0.3) is 0 Å². The predicted molar refractivity (Wildman–Crippen MR) is 135 cm³/mol. The maximum atomic E-state index is 11.9. The van der Waals surface area contributed by atoms with Crippen molar-refractivity contribution in [3.63, 3.8) is 0 Å². The van der Waals surface area contributed by atoms with E-state index in [0.717, 1.165) is 60.3 Å². The highest BCUT2D eigenvalue weighted by Gasteiger charge is 2.08. The molecular weight excluding hydrogens is 408 g/mol. The Kier molecular flexibility index (Phi) is 10.3. The Morgan fingerprint density at radius 1 is 0.758 bits per heavy atom. The summed E-state index contributed by atoms with van der Waals surface area (Å²) in [7, 11) is 0. The van der Waals surface area contributed by atoms with Crippen LogP contribution in [0.15, 0.2) is 91.0 Å². The van der Waals surface area contributed by atoms with Crippen LogP contribution in [-0.2, 0) is 24.4 Å². The molecule has 0 aromatic heterocycles. The Labute approximate surface area is 198 Å². The quantitative estimate of drug-likeness (QED) is 0.192. The summed E-state index contributed by atoms with van der Waals surface area (Å²) >= 11 is 0. The van der Waals surface area contributed by atoms with Gasteiger partial charge in [0.15, 0.2) is 17.3 Å². The van der Waals surface area contributed by atoms with E-state index in [2.05, 4.69) is 43.3 Å². The lowest BCUT2D eigenvalue weighted by Gasteiger charge is -2.14. The zero-order chi connectivity index (χ0) is 23.1. The molecule has 0 unspecified atom stereocenters. The zero-order valence-corrected chi connectivity index (χ0v) is 19.5. The van der Waals surface area contributed by atoms with Crippen LogP contribution < -0.4 is 9.47 Å². The number of benzene rings is 3. The first kappa shape index (κ1) is 24.3. The van der Waals surface area contributed by atoms with E-state index in [1.807, 2.05) is 48.5 Å². The second kappa shape index (κ2) is 13.9. The Morgan fingerprint density at radius 3 is 2.03 bits per heavy atom. The maximum absolute atomic E-state index is 11.9. The van der Waals surface area contributed by atoms with Gasteiger partial charge in [-0.3, -0.25) is 4.79 Å². The first-order valence-corrected chi connectivity index (χ1v) is 11.9. The summed E-state index contributed by atoms with van der Waals surface area (Å²) in [6.07, 6.45) is 9.27. The van der Waals surface area contributed by atoms with Gasteiger partial charge in [0, 0.05) is 6.42 Å². The molecule has 0 N–H and O–H groups in total. The van der Waals surface area contributed by atoms with Crippen molar-refractivity contribution in [1.29, 1.82) is 0 Å². The van der Waals surface area contributed by atoms with Crippen molar-refractivity contribution in [1.82, 2.24) is 0 Å². The Bertz CT molecular complexity index is 994. The van der Waals surface area contributed by atoms with Gasteiger partial charge in [-0.1, -0.05) is 92.6 Å². The molecule has 0 amide bonds. The van der Waals surface area contributed by atoms with Gasteiger partial charge in [-0.2, -0.15) is 0 Å². The monoisotopic (exact) mass is 442 g/mol. The molecule has 0 spiro atoms. The maximum Gasteiger partial charge on any atom is 0.161 e. The Morgan fingerprint density at radius 2 is 1.39 bits per heavy atom. The summed E-state index contributed by atoms with van der Waals surface area (Å²) in [5, 5.41) is 0. The SMILES string of the molecule is CCCCCC(=O)C=CCCc1ccc(OCc2ccccc2)c(OCc2ccccc2)c1.